The van der Waals surface area contributed by atoms with E-state index in [1.165, 1.54) is 13.1 Å². The van der Waals surface area contributed by atoms with Gasteiger partial charge >= 0.3 is 0 Å². The first kappa shape index (κ1) is 12.9. The van der Waals surface area contributed by atoms with Crippen LogP contribution >= 0.6 is 27.5 Å². The Morgan fingerprint density at radius 3 is 2.81 bits per heavy atom. The lowest BCUT2D eigenvalue weighted by Crippen LogP contribution is -2.31. The number of anilines is 1. The Morgan fingerprint density at radius 1 is 1.56 bits per heavy atom. The topological polar surface area (TPSA) is 71.1 Å². The Kier molecular flexibility index (Phi) is 4.70. The van der Waals surface area contributed by atoms with Crippen LogP contribution < -0.4 is 10.6 Å². The molecule has 0 radical (unpaired) electrons. The quantitative estimate of drug-likeness (QED) is 0.833. The molecule has 1 aromatic heterocycles. The summed E-state index contributed by atoms with van der Waals surface area (Å²) in [7, 11) is 0. The molecular weight excluding hydrogens is 297 g/mol. The molecule has 7 heteroatoms. The second-order valence-corrected chi connectivity index (χ2v) is 4.17. The van der Waals surface area contributed by atoms with Crippen molar-refractivity contribution in [1.82, 2.24) is 10.3 Å². The molecule has 0 saturated carbocycles. The molecule has 0 saturated heterocycles. The molecule has 2 amide bonds. The van der Waals surface area contributed by atoms with E-state index in [1.54, 1.807) is 6.07 Å². The van der Waals surface area contributed by atoms with E-state index in [1.807, 2.05) is 0 Å². The predicted octanol–water partition coefficient (Wildman–Crippen LogP) is 1.57. The molecule has 0 aliphatic heterocycles. The SMILES string of the molecule is CC(=O)NCC(=O)Nc1cnc(Cl)c(Br)c1. The van der Waals surface area contributed by atoms with Crippen LogP contribution in [0.1, 0.15) is 6.92 Å². The summed E-state index contributed by atoms with van der Waals surface area (Å²) in [6, 6.07) is 1.63. The lowest BCUT2D eigenvalue weighted by atomic mass is 10.4. The minimum absolute atomic E-state index is 0.0738. The highest BCUT2D eigenvalue weighted by Gasteiger charge is 2.05. The van der Waals surface area contributed by atoms with Crippen molar-refractivity contribution in [1.29, 1.82) is 0 Å². The molecule has 0 aromatic carbocycles. The number of halogens is 2. The molecule has 1 heterocycles. The summed E-state index contributed by atoms with van der Waals surface area (Å²) in [5.74, 6) is -0.586. The van der Waals surface area contributed by atoms with Crippen molar-refractivity contribution in [2.75, 3.05) is 11.9 Å². The first-order valence-corrected chi connectivity index (χ1v) is 5.51. The minimum Gasteiger partial charge on any atom is -0.347 e. The number of pyridine rings is 1. The third-order valence-electron chi connectivity index (χ3n) is 1.58. The van der Waals surface area contributed by atoms with Gasteiger partial charge in [-0.2, -0.15) is 0 Å². The zero-order valence-electron chi connectivity index (χ0n) is 8.38. The van der Waals surface area contributed by atoms with Crippen LogP contribution in [-0.4, -0.2) is 23.3 Å². The first-order valence-electron chi connectivity index (χ1n) is 4.34. The van der Waals surface area contributed by atoms with Gasteiger partial charge in [0.05, 0.1) is 22.9 Å². The Morgan fingerprint density at radius 2 is 2.25 bits per heavy atom. The van der Waals surface area contributed by atoms with Gasteiger partial charge in [-0.1, -0.05) is 11.6 Å². The van der Waals surface area contributed by atoms with Crippen molar-refractivity contribution < 1.29 is 9.59 Å². The molecule has 0 aliphatic carbocycles. The fourth-order valence-electron chi connectivity index (χ4n) is 0.900. The fraction of sp³-hybridized carbons (Fsp3) is 0.222. The average Bonchev–Trinajstić information content (AvgIpc) is 2.21. The van der Waals surface area contributed by atoms with Gasteiger partial charge in [-0.3, -0.25) is 9.59 Å². The number of rotatable bonds is 3. The molecule has 1 rings (SSSR count). The zero-order valence-corrected chi connectivity index (χ0v) is 10.7. The molecule has 2 N–H and O–H groups in total. The molecule has 5 nitrogen and oxygen atoms in total. The standard InChI is InChI=1S/C9H9BrClN3O2/c1-5(15)12-4-8(16)14-6-2-7(10)9(11)13-3-6/h2-3H,4H2,1H3,(H,12,15)(H,14,16). The summed E-state index contributed by atoms with van der Waals surface area (Å²) in [5.41, 5.74) is 0.506. The number of aromatic nitrogens is 1. The summed E-state index contributed by atoms with van der Waals surface area (Å²) < 4.78 is 0.589. The minimum atomic E-state index is -0.328. The second kappa shape index (κ2) is 5.81. The van der Waals surface area contributed by atoms with Crippen molar-refractivity contribution in [2.45, 2.75) is 6.92 Å². The van der Waals surface area contributed by atoms with Crippen molar-refractivity contribution in [2.24, 2.45) is 0 Å². The smallest absolute Gasteiger partial charge is 0.243 e. The highest BCUT2D eigenvalue weighted by atomic mass is 79.9. The number of nitrogens with one attached hydrogen (secondary N) is 2. The monoisotopic (exact) mass is 305 g/mol. The van der Waals surface area contributed by atoms with Crippen molar-refractivity contribution in [3.8, 4) is 0 Å². The van der Waals surface area contributed by atoms with Crippen LogP contribution in [0, 0.1) is 0 Å². The van der Waals surface area contributed by atoms with E-state index in [0.29, 0.717) is 15.3 Å². The molecule has 0 spiro atoms. The van der Waals surface area contributed by atoms with Gasteiger partial charge in [-0.25, -0.2) is 4.98 Å². The molecule has 0 fully saturated rings. The fourth-order valence-corrected chi connectivity index (χ4v) is 1.35. The summed E-state index contributed by atoms with van der Waals surface area (Å²) in [6.07, 6.45) is 1.43. The summed E-state index contributed by atoms with van der Waals surface area (Å²) >= 11 is 8.87. The van der Waals surface area contributed by atoms with Crippen LogP contribution in [0.25, 0.3) is 0 Å². The predicted molar refractivity (Wildman–Crippen MR) is 64.3 cm³/mol. The molecule has 0 atom stereocenters. The van der Waals surface area contributed by atoms with E-state index < -0.39 is 0 Å². The maximum Gasteiger partial charge on any atom is 0.243 e. The molecule has 0 unspecified atom stereocenters. The van der Waals surface area contributed by atoms with Gasteiger partial charge in [0.1, 0.15) is 5.15 Å². The molecule has 86 valence electrons. The number of carbonyl (C=O) groups is 2. The lowest BCUT2D eigenvalue weighted by molar-refractivity contribution is -0.122. The molecule has 1 aromatic rings. The van der Waals surface area contributed by atoms with E-state index in [2.05, 4.69) is 31.5 Å². The van der Waals surface area contributed by atoms with Crippen molar-refractivity contribution in [3.63, 3.8) is 0 Å². The third kappa shape index (κ3) is 4.16. The van der Waals surface area contributed by atoms with Crippen molar-refractivity contribution in [3.05, 3.63) is 21.9 Å². The van der Waals surface area contributed by atoms with Gasteiger partial charge in [0, 0.05) is 6.92 Å². The number of amides is 2. The Balaban J connectivity index is 2.56. The van der Waals surface area contributed by atoms with Crippen LogP contribution in [0.5, 0.6) is 0 Å². The van der Waals surface area contributed by atoms with E-state index in [-0.39, 0.29) is 18.4 Å². The van der Waals surface area contributed by atoms with E-state index in [0.717, 1.165) is 0 Å². The normalized spacial score (nSPS) is 9.69. The van der Waals surface area contributed by atoms with Crippen molar-refractivity contribution >= 4 is 45.0 Å². The van der Waals surface area contributed by atoms with Gasteiger partial charge < -0.3 is 10.6 Å². The molecular formula is C9H9BrClN3O2. The maximum atomic E-state index is 11.3. The van der Waals surface area contributed by atoms with E-state index in [4.69, 9.17) is 11.6 Å². The number of nitrogens with zero attached hydrogens (tertiary/aromatic N) is 1. The Bertz CT molecular complexity index is 425. The average molecular weight is 307 g/mol. The molecule has 16 heavy (non-hydrogen) atoms. The third-order valence-corrected chi connectivity index (χ3v) is 2.71. The highest BCUT2D eigenvalue weighted by Crippen LogP contribution is 2.22. The van der Waals surface area contributed by atoms with Crippen LogP contribution in [0.3, 0.4) is 0 Å². The first-order chi connectivity index (χ1) is 7.49. The number of hydrogen-bond acceptors (Lipinski definition) is 3. The number of carbonyl (C=O) groups excluding carboxylic acids is 2. The van der Waals surface area contributed by atoms with Gasteiger partial charge in [0.25, 0.3) is 0 Å². The van der Waals surface area contributed by atoms with Gasteiger partial charge in [-0.15, -0.1) is 0 Å². The largest absolute Gasteiger partial charge is 0.347 e. The van der Waals surface area contributed by atoms with Gasteiger partial charge in [0.2, 0.25) is 11.8 Å². The summed E-state index contributed by atoms with van der Waals surface area (Å²) in [4.78, 5) is 25.7. The summed E-state index contributed by atoms with van der Waals surface area (Å²) in [5, 5.41) is 5.26. The lowest BCUT2D eigenvalue weighted by Gasteiger charge is -2.05. The van der Waals surface area contributed by atoms with Gasteiger partial charge in [0.15, 0.2) is 0 Å². The van der Waals surface area contributed by atoms with Crippen LogP contribution in [0.4, 0.5) is 5.69 Å². The van der Waals surface area contributed by atoms with E-state index >= 15 is 0 Å². The van der Waals surface area contributed by atoms with Crippen LogP contribution in [0.2, 0.25) is 5.15 Å². The van der Waals surface area contributed by atoms with Gasteiger partial charge in [-0.05, 0) is 22.0 Å². The second-order valence-electron chi connectivity index (χ2n) is 2.95. The Labute approximate surface area is 106 Å². The van der Waals surface area contributed by atoms with Crippen LogP contribution in [0.15, 0.2) is 16.7 Å². The molecule has 0 bridgehead atoms. The Hall–Kier alpha value is -1.14. The zero-order chi connectivity index (χ0) is 12.1. The summed E-state index contributed by atoms with van der Waals surface area (Å²) in [6.45, 7) is 1.27. The van der Waals surface area contributed by atoms with Crippen LogP contribution in [-0.2, 0) is 9.59 Å². The highest BCUT2D eigenvalue weighted by molar-refractivity contribution is 9.10. The number of hydrogen-bond donors (Lipinski definition) is 2. The van der Waals surface area contributed by atoms with E-state index in [9.17, 15) is 9.59 Å². The maximum absolute atomic E-state index is 11.3. The molecule has 0 aliphatic rings.